The molecular formula is C20H31BrN2. The number of hydrogen-bond acceptors (Lipinski definition) is 2. The normalized spacial score (nSPS) is 22.3. The topological polar surface area (TPSA) is 15.3 Å². The first-order valence-electron chi connectivity index (χ1n) is 9.42. The Hall–Kier alpha value is -0.540. The summed E-state index contributed by atoms with van der Waals surface area (Å²) in [5, 5.41) is 3.47. The third kappa shape index (κ3) is 3.76. The average Bonchev–Trinajstić information content (AvgIpc) is 2.62. The van der Waals surface area contributed by atoms with Crippen LogP contribution in [0.5, 0.6) is 0 Å². The molecule has 1 aliphatic heterocycles. The van der Waals surface area contributed by atoms with E-state index in [0.29, 0.717) is 5.41 Å². The van der Waals surface area contributed by atoms with E-state index in [1.54, 1.807) is 5.56 Å². The Labute approximate surface area is 150 Å². The Bertz CT molecular complexity index is 508. The lowest BCUT2D eigenvalue weighted by atomic mass is 9.66. The van der Waals surface area contributed by atoms with Gasteiger partial charge in [0.1, 0.15) is 0 Å². The van der Waals surface area contributed by atoms with Gasteiger partial charge in [-0.2, -0.15) is 0 Å². The molecule has 2 aliphatic rings. The van der Waals surface area contributed by atoms with Crippen molar-refractivity contribution in [2.45, 2.75) is 58.3 Å². The van der Waals surface area contributed by atoms with Crippen molar-refractivity contribution in [1.29, 1.82) is 0 Å². The summed E-state index contributed by atoms with van der Waals surface area (Å²) in [6.07, 6.45) is 8.21. The molecule has 0 unspecified atom stereocenters. The van der Waals surface area contributed by atoms with Crippen LogP contribution in [-0.2, 0) is 0 Å². The van der Waals surface area contributed by atoms with E-state index in [4.69, 9.17) is 0 Å². The maximum atomic E-state index is 3.71. The first-order chi connectivity index (χ1) is 11.2. The molecular weight excluding hydrogens is 348 g/mol. The zero-order valence-corrected chi connectivity index (χ0v) is 16.3. The number of anilines is 1. The van der Waals surface area contributed by atoms with Gasteiger partial charge in [-0.05, 0) is 60.8 Å². The van der Waals surface area contributed by atoms with Crippen molar-refractivity contribution >= 4 is 21.6 Å². The second kappa shape index (κ2) is 7.57. The van der Waals surface area contributed by atoms with Crippen LogP contribution >= 0.6 is 15.9 Å². The summed E-state index contributed by atoms with van der Waals surface area (Å²) < 4.78 is 1.23. The summed E-state index contributed by atoms with van der Waals surface area (Å²) >= 11 is 3.71. The highest BCUT2D eigenvalue weighted by Gasteiger charge is 2.33. The van der Waals surface area contributed by atoms with Crippen LogP contribution in [0.15, 0.2) is 22.7 Å². The first-order valence-corrected chi connectivity index (χ1v) is 10.2. The highest BCUT2D eigenvalue weighted by Crippen LogP contribution is 2.48. The summed E-state index contributed by atoms with van der Waals surface area (Å²) in [6.45, 7) is 9.25. The average molecular weight is 379 g/mol. The number of rotatable bonds is 4. The van der Waals surface area contributed by atoms with Gasteiger partial charge in [0, 0.05) is 36.3 Å². The van der Waals surface area contributed by atoms with E-state index in [-0.39, 0.29) is 0 Å². The van der Waals surface area contributed by atoms with E-state index in [1.165, 1.54) is 48.7 Å². The van der Waals surface area contributed by atoms with E-state index in [1.807, 2.05) is 0 Å². The summed E-state index contributed by atoms with van der Waals surface area (Å²) in [5.41, 5.74) is 3.69. The summed E-state index contributed by atoms with van der Waals surface area (Å²) in [4.78, 5) is 2.58. The van der Waals surface area contributed by atoms with Crippen LogP contribution in [0.25, 0.3) is 0 Å². The maximum absolute atomic E-state index is 3.71. The van der Waals surface area contributed by atoms with Crippen molar-refractivity contribution in [1.82, 2.24) is 5.32 Å². The first kappa shape index (κ1) is 17.3. The molecule has 1 aliphatic carbocycles. The van der Waals surface area contributed by atoms with Gasteiger partial charge in [0.15, 0.2) is 0 Å². The second-order valence-corrected chi connectivity index (χ2v) is 8.34. The van der Waals surface area contributed by atoms with Gasteiger partial charge in [0.05, 0.1) is 0 Å². The molecule has 0 aromatic heterocycles. The van der Waals surface area contributed by atoms with Gasteiger partial charge in [-0.1, -0.05) is 42.6 Å². The molecule has 128 valence electrons. The fourth-order valence-corrected chi connectivity index (χ4v) is 4.92. The molecule has 0 atom stereocenters. The van der Waals surface area contributed by atoms with Crippen molar-refractivity contribution < 1.29 is 0 Å². The van der Waals surface area contributed by atoms with Crippen LogP contribution in [0, 0.1) is 5.41 Å². The molecule has 23 heavy (non-hydrogen) atoms. The van der Waals surface area contributed by atoms with E-state index in [9.17, 15) is 0 Å². The Balaban J connectivity index is 1.80. The molecule has 1 saturated carbocycles. The highest BCUT2D eigenvalue weighted by molar-refractivity contribution is 9.10. The summed E-state index contributed by atoms with van der Waals surface area (Å²) in [7, 11) is 0. The molecule has 2 fully saturated rings. The second-order valence-electron chi connectivity index (χ2n) is 7.42. The number of benzene rings is 1. The molecule has 0 bridgehead atoms. The van der Waals surface area contributed by atoms with Gasteiger partial charge in [-0.3, -0.25) is 0 Å². The standard InChI is InChI=1S/C20H31BrN2/c1-3-20(4-2)9-7-16(8-10-20)18-15-17(21)5-6-19(18)23-13-11-22-12-14-23/h5-6,15-16,22H,3-4,7-14H2,1-2H3. The predicted octanol–water partition coefficient (Wildman–Crippen LogP) is 5.32. The van der Waals surface area contributed by atoms with Crippen LogP contribution in [0.1, 0.15) is 63.9 Å². The molecule has 1 saturated heterocycles. The lowest BCUT2D eigenvalue weighted by Crippen LogP contribution is -2.44. The number of nitrogens with zero attached hydrogens (tertiary/aromatic N) is 1. The van der Waals surface area contributed by atoms with Gasteiger partial charge in [0.2, 0.25) is 0 Å². The summed E-state index contributed by atoms with van der Waals surface area (Å²) in [6, 6.07) is 6.95. The number of hydrogen-bond donors (Lipinski definition) is 1. The highest BCUT2D eigenvalue weighted by atomic mass is 79.9. The Morgan fingerprint density at radius 2 is 1.78 bits per heavy atom. The Morgan fingerprint density at radius 3 is 2.39 bits per heavy atom. The molecule has 1 aromatic carbocycles. The van der Waals surface area contributed by atoms with Gasteiger partial charge in [-0.15, -0.1) is 0 Å². The van der Waals surface area contributed by atoms with E-state index in [2.05, 4.69) is 58.2 Å². The van der Waals surface area contributed by atoms with E-state index >= 15 is 0 Å². The van der Waals surface area contributed by atoms with Gasteiger partial charge >= 0.3 is 0 Å². The molecule has 0 spiro atoms. The lowest BCUT2D eigenvalue weighted by molar-refractivity contribution is 0.159. The molecule has 0 amide bonds. The molecule has 3 rings (SSSR count). The zero-order valence-electron chi connectivity index (χ0n) is 14.7. The van der Waals surface area contributed by atoms with Crippen LogP contribution in [0.3, 0.4) is 0 Å². The van der Waals surface area contributed by atoms with Crippen molar-refractivity contribution in [3.8, 4) is 0 Å². The van der Waals surface area contributed by atoms with Crippen molar-refractivity contribution in [3.63, 3.8) is 0 Å². The SMILES string of the molecule is CCC1(CC)CCC(c2cc(Br)ccc2N2CCNCC2)CC1. The number of piperazine rings is 1. The van der Waals surface area contributed by atoms with Crippen molar-refractivity contribution in [2.75, 3.05) is 31.1 Å². The molecule has 3 heteroatoms. The molecule has 0 radical (unpaired) electrons. The lowest BCUT2D eigenvalue weighted by Gasteiger charge is -2.41. The van der Waals surface area contributed by atoms with Crippen molar-refractivity contribution in [2.24, 2.45) is 5.41 Å². The minimum absolute atomic E-state index is 0.623. The Morgan fingerprint density at radius 1 is 1.13 bits per heavy atom. The third-order valence-electron chi connectivity index (χ3n) is 6.43. The zero-order chi connectivity index (χ0) is 16.3. The van der Waals surface area contributed by atoms with Gasteiger partial charge < -0.3 is 10.2 Å². The fraction of sp³-hybridized carbons (Fsp3) is 0.700. The van der Waals surface area contributed by atoms with E-state index in [0.717, 1.165) is 32.1 Å². The smallest absolute Gasteiger partial charge is 0.0403 e. The fourth-order valence-electron chi connectivity index (χ4n) is 4.54. The third-order valence-corrected chi connectivity index (χ3v) is 6.93. The molecule has 1 heterocycles. The van der Waals surface area contributed by atoms with Crippen LogP contribution in [-0.4, -0.2) is 26.2 Å². The van der Waals surface area contributed by atoms with Gasteiger partial charge in [0.25, 0.3) is 0 Å². The molecule has 1 aromatic rings. The monoisotopic (exact) mass is 378 g/mol. The van der Waals surface area contributed by atoms with Crippen LogP contribution < -0.4 is 10.2 Å². The number of halogens is 1. The van der Waals surface area contributed by atoms with Crippen molar-refractivity contribution in [3.05, 3.63) is 28.2 Å². The van der Waals surface area contributed by atoms with Crippen LogP contribution in [0.4, 0.5) is 5.69 Å². The van der Waals surface area contributed by atoms with E-state index < -0.39 is 0 Å². The minimum atomic E-state index is 0.623. The minimum Gasteiger partial charge on any atom is -0.369 e. The summed E-state index contributed by atoms with van der Waals surface area (Å²) in [5.74, 6) is 0.739. The molecule has 1 N–H and O–H groups in total. The largest absolute Gasteiger partial charge is 0.369 e. The number of nitrogens with one attached hydrogen (secondary N) is 1. The quantitative estimate of drug-likeness (QED) is 0.761. The maximum Gasteiger partial charge on any atom is 0.0403 e. The van der Waals surface area contributed by atoms with Crippen LogP contribution in [0.2, 0.25) is 0 Å². The Kier molecular flexibility index (Phi) is 5.69. The van der Waals surface area contributed by atoms with Gasteiger partial charge in [-0.25, -0.2) is 0 Å². The predicted molar refractivity (Wildman–Crippen MR) is 103 cm³/mol. The molecule has 2 nitrogen and oxygen atoms in total.